The van der Waals surface area contributed by atoms with Crippen molar-refractivity contribution in [3.63, 3.8) is 0 Å². The largest absolute Gasteiger partial charge is 0.388 e. The highest BCUT2D eigenvalue weighted by Gasteiger charge is 2.46. The van der Waals surface area contributed by atoms with Crippen LogP contribution in [-0.2, 0) is 18.9 Å². The molecule has 10 atom stereocenters. The number of rotatable bonds is 5. The molecule has 6 N–H and O–H groups in total. The van der Waals surface area contributed by atoms with Gasteiger partial charge in [-0.25, -0.2) is 0 Å². The molecule has 0 bridgehead atoms. The van der Waals surface area contributed by atoms with Crippen molar-refractivity contribution in [1.29, 1.82) is 0 Å². The minimum absolute atomic E-state index is 0.145. The Hall–Kier alpha value is -0.400. The van der Waals surface area contributed by atoms with Gasteiger partial charge in [-0.3, -0.25) is 0 Å². The molecule has 0 unspecified atom stereocenters. The molecular weight excluding hydrogens is 328 g/mol. The predicted octanol–water partition coefficient (Wildman–Crippen LogP) is -3.33. The molecule has 0 amide bonds. The van der Waals surface area contributed by atoms with Crippen molar-refractivity contribution in [2.24, 2.45) is 0 Å². The summed E-state index contributed by atoms with van der Waals surface area (Å²) in [4.78, 5) is 0. The van der Waals surface area contributed by atoms with Gasteiger partial charge >= 0.3 is 0 Å². The van der Waals surface area contributed by atoms with Crippen molar-refractivity contribution in [3.8, 4) is 0 Å². The number of ether oxygens (including phenoxy) is 4. The molecule has 0 aromatic heterocycles. The van der Waals surface area contributed by atoms with Crippen molar-refractivity contribution in [2.75, 3.05) is 14.2 Å². The summed E-state index contributed by atoms with van der Waals surface area (Å²) in [7, 11) is 2.59. The lowest BCUT2D eigenvalue weighted by Crippen LogP contribution is -2.59. The van der Waals surface area contributed by atoms with Crippen LogP contribution in [0, 0.1) is 0 Å². The standard InChI is InChI=1S/C14H26O10/c1-21-13-11(19)9(17)7(15)5(23-13)3-4-6-8(16)10(18)12(20)14(22-2)24-6/h5-20H,3-4H2,1-2H3/t5-,6-,7+,8+,9+,10+,11-,12-,13+,14+/m1/s1. The summed E-state index contributed by atoms with van der Waals surface area (Å²) in [6.07, 6.45) is -12.0. The van der Waals surface area contributed by atoms with Crippen molar-refractivity contribution in [3.05, 3.63) is 0 Å². The molecular formula is C14H26O10. The number of hydrogen-bond acceptors (Lipinski definition) is 10. The van der Waals surface area contributed by atoms with Gasteiger partial charge in [-0.05, 0) is 12.8 Å². The molecule has 24 heavy (non-hydrogen) atoms. The summed E-state index contributed by atoms with van der Waals surface area (Å²) in [6, 6.07) is 0. The molecule has 0 aliphatic carbocycles. The smallest absolute Gasteiger partial charge is 0.186 e. The van der Waals surface area contributed by atoms with Gasteiger partial charge in [0.15, 0.2) is 12.6 Å². The second-order valence-corrected chi connectivity index (χ2v) is 6.08. The van der Waals surface area contributed by atoms with E-state index in [4.69, 9.17) is 18.9 Å². The van der Waals surface area contributed by atoms with Gasteiger partial charge in [0.05, 0.1) is 12.2 Å². The van der Waals surface area contributed by atoms with Gasteiger partial charge < -0.3 is 49.6 Å². The zero-order chi connectivity index (χ0) is 18.0. The molecule has 2 saturated heterocycles. The normalized spacial score (nSPS) is 50.0. The van der Waals surface area contributed by atoms with Gasteiger partial charge in [-0.15, -0.1) is 0 Å². The summed E-state index contributed by atoms with van der Waals surface area (Å²) < 4.78 is 20.6. The molecule has 0 radical (unpaired) electrons. The van der Waals surface area contributed by atoms with E-state index < -0.39 is 61.4 Å². The lowest BCUT2D eigenvalue weighted by Gasteiger charge is -2.42. The summed E-state index contributed by atoms with van der Waals surface area (Å²) in [6.45, 7) is 0. The summed E-state index contributed by atoms with van der Waals surface area (Å²) in [5.74, 6) is 0. The van der Waals surface area contributed by atoms with E-state index in [9.17, 15) is 30.6 Å². The monoisotopic (exact) mass is 354 g/mol. The highest BCUT2D eigenvalue weighted by atomic mass is 16.7. The van der Waals surface area contributed by atoms with Crippen LogP contribution >= 0.6 is 0 Å². The maximum atomic E-state index is 10.0. The Balaban J connectivity index is 1.96. The first-order valence-corrected chi connectivity index (χ1v) is 7.76. The molecule has 10 nitrogen and oxygen atoms in total. The van der Waals surface area contributed by atoms with Gasteiger partial charge in [-0.1, -0.05) is 0 Å². The average Bonchev–Trinajstić information content (AvgIpc) is 2.58. The zero-order valence-electron chi connectivity index (χ0n) is 13.5. The van der Waals surface area contributed by atoms with E-state index in [1.165, 1.54) is 14.2 Å². The van der Waals surface area contributed by atoms with Crippen LogP contribution < -0.4 is 0 Å². The van der Waals surface area contributed by atoms with Crippen molar-refractivity contribution in [1.82, 2.24) is 0 Å². The van der Waals surface area contributed by atoms with Crippen LogP contribution in [0.4, 0.5) is 0 Å². The Bertz CT molecular complexity index is 356. The maximum Gasteiger partial charge on any atom is 0.186 e. The molecule has 2 heterocycles. The Morgan fingerprint density at radius 3 is 1.21 bits per heavy atom. The highest BCUT2D eigenvalue weighted by Crippen LogP contribution is 2.29. The van der Waals surface area contributed by atoms with E-state index in [-0.39, 0.29) is 12.8 Å². The molecule has 142 valence electrons. The van der Waals surface area contributed by atoms with Crippen LogP contribution in [0.1, 0.15) is 12.8 Å². The average molecular weight is 354 g/mol. The van der Waals surface area contributed by atoms with Crippen LogP contribution in [0.25, 0.3) is 0 Å². The first-order chi connectivity index (χ1) is 11.3. The van der Waals surface area contributed by atoms with Gasteiger partial charge in [0, 0.05) is 14.2 Å². The Morgan fingerprint density at radius 2 is 0.917 bits per heavy atom. The molecule has 0 spiro atoms. The van der Waals surface area contributed by atoms with Crippen LogP contribution in [0.15, 0.2) is 0 Å². The number of aliphatic hydroxyl groups excluding tert-OH is 6. The minimum Gasteiger partial charge on any atom is -0.388 e. The molecule has 10 heteroatoms. The van der Waals surface area contributed by atoms with E-state index in [1.807, 2.05) is 0 Å². The molecule has 2 rings (SSSR count). The van der Waals surface area contributed by atoms with E-state index in [1.54, 1.807) is 0 Å². The topological polar surface area (TPSA) is 158 Å². The second kappa shape index (κ2) is 8.32. The summed E-state index contributed by atoms with van der Waals surface area (Å²) >= 11 is 0. The molecule has 0 aromatic carbocycles. The van der Waals surface area contributed by atoms with Gasteiger partial charge in [-0.2, -0.15) is 0 Å². The van der Waals surface area contributed by atoms with Gasteiger partial charge in [0.1, 0.15) is 36.6 Å². The van der Waals surface area contributed by atoms with E-state index >= 15 is 0 Å². The first kappa shape index (κ1) is 19.9. The molecule has 2 aliphatic heterocycles. The van der Waals surface area contributed by atoms with Crippen LogP contribution in [0.2, 0.25) is 0 Å². The van der Waals surface area contributed by atoms with Crippen molar-refractivity contribution < 1.29 is 49.6 Å². The molecule has 2 aliphatic rings. The summed E-state index contributed by atoms with van der Waals surface area (Å²) in [5.41, 5.74) is 0. The Morgan fingerprint density at radius 1 is 0.583 bits per heavy atom. The van der Waals surface area contributed by atoms with Crippen molar-refractivity contribution in [2.45, 2.75) is 74.3 Å². The minimum atomic E-state index is -1.44. The third-order valence-corrected chi connectivity index (χ3v) is 4.54. The third kappa shape index (κ3) is 3.88. The fourth-order valence-corrected chi connectivity index (χ4v) is 3.03. The SMILES string of the molecule is CO[C@H]1O[C@H](CC[C@H]2O[C@H](OC)[C@H](O)[C@@H](O)[C@H]2O)[C@H](O)[C@H](O)[C@H]1O. The van der Waals surface area contributed by atoms with Crippen LogP contribution in [0.3, 0.4) is 0 Å². The van der Waals surface area contributed by atoms with Crippen molar-refractivity contribution >= 4 is 0 Å². The molecule has 2 fully saturated rings. The van der Waals surface area contributed by atoms with Crippen LogP contribution in [-0.4, -0.2) is 106 Å². The van der Waals surface area contributed by atoms with E-state index in [0.29, 0.717) is 0 Å². The number of methoxy groups -OCH3 is 2. The third-order valence-electron chi connectivity index (χ3n) is 4.54. The van der Waals surface area contributed by atoms with Gasteiger partial charge in [0.25, 0.3) is 0 Å². The fraction of sp³-hybridized carbons (Fsp3) is 1.00. The first-order valence-electron chi connectivity index (χ1n) is 7.76. The van der Waals surface area contributed by atoms with E-state index in [2.05, 4.69) is 0 Å². The maximum absolute atomic E-state index is 10.0. The Kier molecular flexibility index (Phi) is 6.90. The summed E-state index contributed by atoms with van der Waals surface area (Å²) in [5, 5.41) is 59.1. The molecule has 0 saturated carbocycles. The van der Waals surface area contributed by atoms with E-state index in [0.717, 1.165) is 0 Å². The second-order valence-electron chi connectivity index (χ2n) is 6.08. The quantitative estimate of drug-likeness (QED) is 0.295. The molecule has 0 aromatic rings. The van der Waals surface area contributed by atoms with Crippen LogP contribution in [0.5, 0.6) is 0 Å². The fourth-order valence-electron chi connectivity index (χ4n) is 3.03. The zero-order valence-corrected chi connectivity index (χ0v) is 13.5. The predicted molar refractivity (Wildman–Crippen MR) is 76.6 cm³/mol. The lowest BCUT2D eigenvalue weighted by molar-refractivity contribution is -0.302. The Labute approximate surface area is 139 Å². The number of hydrogen-bond donors (Lipinski definition) is 6. The highest BCUT2D eigenvalue weighted by molar-refractivity contribution is 4.92. The lowest BCUT2D eigenvalue weighted by atomic mass is 9.91. The van der Waals surface area contributed by atoms with Gasteiger partial charge in [0.2, 0.25) is 0 Å². The number of aliphatic hydroxyl groups is 6.